The highest BCUT2D eigenvalue weighted by atomic mass is 32.1. The minimum atomic E-state index is -1.55. The zero-order valence-electron chi connectivity index (χ0n) is 23.3. The molecule has 37 heavy (non-hydrogen) atoms. The Hall–Kier alpha value is -2.56. The van der Waals surface area contributed by atoms with Crippen molar-refractivity contribution in [2.45, 2.75) is 72.5 Å². The molecule has 0 atom stereocenters. The lowest BCUT2D eigenvalue weighted by molar-refractivity contribution is 0.0969. The van der Waals surface area contributed by atoms with Gasteiger partial charge in [0.15, 0.2) is 0 Å². The van der Waals surface area contributed by atoms with E-state index in [0.717, 1.165) is 11.2 Å². The Morgan fingerprint density at radius 3 is 2.30 bits per heavy atom. The smallest absolute Gasteiger partial charge is 0.116 e. The SMILES string of the molecule is CC1(C)CC(c2ccc3c(c2)sc2c(-c4cc([Si](C)(C)C)c5ccccc5c4)ncnc23)CC(C)(C)C1. The molecule has 0 aliphatic heterocycles. The van der Waals surface area contributed by atoms with Crippen molar-refractivity contribution in [2.24, 2.45) is 10.8 Å². The van der Waals surface area contributed by atoms with E-state index in [1.807, 2.05) is 11.3 Å². The summed E-state index contributed by atoms with van der Waals surface area (Å²) in [6.07, 6.45) is 5.57. The van der Waals surface area contributed by atoms with Crippen LogP contribution >= 0.6 is 11.3 Å². The number of benzene rings is 3. The molecule has 0 bridgehead atoms. The van der Waals surface area contributed by atoms with Crippen molar-refractivity contribution in [3.63, 3.8) is 0 Å². The normalized spacial score (nSPS) is 18.1. The van der Waals surface area contributed by atoms with Gasteiger partial charge in [0.25, 0.3) is 0 Å². The van der Waals surface area contributed by atoms with Crippen LogP contribution in [0.1, 0.15) is 58.4 Å². The number of fused-ring (bicyclic) bond motifs is 4. The van der Waals surface area contributed by atoms with Crippen molar-refractivity contribution in [2.75, 3.05) is 0 Å². The fraction of sp³-hybridized carbons (Fsp3) is 0.394. The third kappa shape index (κ3) is 4.53. The molecule has 4 heteroatoms. The molecule has 3 aromatic carbocycles. The van der Waals surface area contributed by atoms with E-state index < -0.39 is 8.07 Å². The highest BCUT2D eigenvalue weighted by Crippen LogP contribution is 2.52. The van der Waals surface area contributed by atoms with Gasteiger partial charge in [0, 0.05) is 15.6 Å². The first-order valence-corrected chi connectivity index (χ1v) is 17.9. The van der Waals surface area contributed by atoms with Crippen LogP contribution < -0.4 is 5.19 Å². The van der Waals surface area contributed by atoms with E-state index in [-0.39, 0.29) is 0 Å². The van der Waals surface area contributed by atoms with Crippen molar-refractivity contribution < 1.29 is 0 Å². The monoisotopic (exact) mass is 522 g/mol. The van der Waals surface area contributed by atoms with Crippen LogP contribution in [-0.2, 0) is 0 Å². The molecule has 0 radical (unpaired) electrons. The van der Waals surface area contributed by atoms with Crippen molar-refractivity contribution in [3.8, 4) is 11.3 Å². The van der Waals surface area contributed by atoms with Crippen molar-refractivity contribution in [1.29, 1.82) is 0 Å². The number of rotatable bonds is 3. The second-order valence-electron chi connectivity index (χ2n) is 13.9. The summed E-state index contributed by atoms with van der Waals surface area (Å²) in [6, 6.07) is 20.7. The third-order valence-electron chi connectivity index (χ3n) is 8.25. The molecule has 2 heterocycles. The van der Waals surface area contributed by atoms with Crippen LogP contribution in [0.4, 0.5) is 0 Å². The molecule has 6 rings (SSSR count). The van der Waals surface area contributed by atoms with Crippen LogP contribution in [0.3, 0.4) is 0 Å². The van der Waals surface area contributed by atoms with Gasteiger partial charge in [-0.25, -0.2) is 9.97 Å². The third-order valence-corrected chi connectivity index (χ3v) is 11.4. The summed E-state index contributed by atoms with van der Waals surface area (Å²) in [5.74, 6) is 0.610. The molecule has 0 unspecified atom stereocenters. The molecule has 0 amide bonds. The molecule has 1 aliphatic rings. The van der Waals surface area contributed by atoms with Gasteiger partial charge in [0.1, 0.15) is 6.33 Å². The van der Waals surface area contributed by atoms with Gasteiger partial charge in [-0.05, 0) is 64.5 Å². The second kappa shape index (κ2) is 8.47. The molecule has 1 fully saturated rings. The van der Waals surface area contributed by atoms with Crippen LogP contribution in [0.15, 0.2) is 60.9 Å². The van der Waals surface area contributed by atoms with Gasteiger partial charge in [0.2, 0.25) is 0 Å². The summed E-state index contributed by atoms with van der Waals surface area (Å²) >= 11 is 1.87. The molecular weight excluding hydrogens is 485 g/mol. The first kappa shape index (κ1) is 24.8. The minimum Gasteiger partial charge on any atom is -0.235 e. The van der Waals surface area contributed by atoms with Gasteiger partial charge in [-0.1, -0.05) is 95.0 Å². The average Bonchev–Trinajstić information content (AvgIpc) is 3.19. The highest BCUT2D eigenvalue weighted by molar-refractivity contribution is 7.26. The Balaban J connectivity index is 1.50. The summed E-state index contributed by atoms with van der Waals surface area (Å²) in [6.45, 7) is 17.1. The van der Waals surface area contributed by atoms with E-state index in [2.05, 4.69) is 102 Å². The summed E-state index contributed by atoms with van der Waals surface area (Å²) in [5.41, 5.74) is 5.61. The average molecular weight is 523 g/mol. The molecule has 1 aliphatic carbocycles. The molecule has 190 valence electrons. The molecule has 2 aromatic heterocycles. The van der Waals surface area contributed by atoms with Gasteiger partial charge < -0.3 is 0 Å². The first-order chi connectivity index (χ1) is 17.4. The van der Waals surface area contributed by atoms with Crippen LogP contribution in [0, 0.1) is 10.8 Å². The molecule has 0 spiro atoms. The Morgan fingerprint density at radius 2 is 1.57 bits per heavy atom. The molecule has 1 saturated carbocycles. The zero-order chi connectivity index (χ0) is 26.2. The summed E-state index contributed by atoms with van der Waals surface area (Å²) in [4.78, 5) is 9.65. The predicted octanol–water partition coefficient (Wildman–Crippen LogP) is 9.53. The number of thiophene rings is 1. The fourth-order valence-electron chi connectivity index (χ4n) is 7.20. The summed E-state index contributed by atoms with van der Waals surface area (Å²) < 4.78 is 2.54. The van der Waals surface area contributed by atoms with E-state index >= 15 is 0 Å². The minimum absolute atomic E-state index is 0.379. The van der Waals surface area contributed by atoms with Crippen LogP contribution in [0.25, 0.3) is 42.3 Å². The van der Waals surface area contributed by atoms with Crippen LogP contribution in [-0.4, -0.2) is 18.0 Å². The van der Waals surface area contributed by atoms with Crippen LogP contribution in [0.5, 0.6) is 0 Å². The van der Waals surface area contributed by atoms with Gasteiger partial charge in [0.05, 0.1) is 24.0 Å². The summed E-state index contributed by atoms with van der Waals surface area (Å²) in [7, 11) is -1.55. The fourth-order valence-corrected chi connectivity index (χ4v) is 10.0. The highest BCUT2D eigenvalue weighted by Gasteiger charge is 2.39. The lowest BCUT2D eigenvalue weighted by atomic mass is 9.60. The van der Waals surface area contributed by atoms with E-state index in [0.29, 0.717) is 16.7 Å². The molecule has 2 nitrogen and oxygen atoms in total. The molecular formula is C33H38N2SSi. The quantitative estimate of drug-likeness (QED) is 0.220. The predicted molar refractivity (Wildman–Crippen MR) is 165 cm³/mol. The van der Waals surface area contributed by atoms with Crippen molar-refractivity contribution in [1.82, 2.24) is 9.97 Å². The van der Waals surface area contributed by atoms with Crippen LogP contribution in [0.2, 0.25) is 19.6 Å². The first-order valence-electron chi connectivity index (χ1n) is 13.6. The van der Waals surface area contributed by atoms with E-state index in [9.17, 15) is 0 Å². The standard InChI is InChI=1S/C33H38N2SSi/c1-32(2)17-24(18-33(3,4)19-32)21-12-13-26-27(15-21)36-31-29(34-20-35-30(26)31)23-14-22-10-8-9-11-25(22)28(16-23)37(5,6)7/h8-16,20,24H,17-19H2,1-7H3. The summed E-state index contributed by atoms with van der Waals surface area (Å²) in [5, 5.41) is 5.44. The van der Waals surface area contributed by atoms with Crippen molar-refractivity contribution in [3.05, 3.63) is 66.5 Å². The maximum atomic E-state index is 4.87. The van der Waals surface area contributed by atoms with Gasteiger partial charge in [-0.2, -0.15) is 0 Å². The maximum Gasteiger partial charge on any atom is 0.116 e. The van der Waals surface area contributed by atoms with E-state index in [1.54, 1.807) is 6.33 Å². The van der Waals surface area contributed by atoms with Crippen molar-refractivity contribution >= 4 is 55.7 Å². The molecule has 0 saturated heterocycles. The van der Waals surface area contributed by atoms with E-state index in [4.69, 9.17) is 9.97 Å². The maximum absolute atomic E-state index is 4.87. The van der Waals surface area contributed by atoms with Gasteiger partial charge >= 0.3 is 0 Å². The Kier molecular flexibility index (Phi) is 5.67. The molecule has 0 N–H and O–H groups in total. The van der Waals surface area contributed by atoms with Gasteiger partial charge in [-0.15, -0.1) is 11.3 Å². The lowest BCUT2D eigenvalue weighted by Gasteiger charge is -2.45. The van der Waals surface area contributed by atoms with Gasteiger partial charge in [-0.3, -0.25) is 0 Å². The molecule has 5 aromatic rings. The lowest BCUT2D eigenvalue weighted by Crippen LogP contribution is -2.38. The number of hydrogen-bond donors (Lipinski definition) is 0. The Bertz CT molecular complexity index is 1640. The number of aromatic nitrogens is 2. The van der Waals surface area contributed by atoms with E-state index in [1.165, 1.54) is 61.1 Å². The number of nitrogens with zero attached hydrogens (tertiary/aromatic N) is 2. The largest absolute Gasteiger partial charge is 0.235 e. The zero-order valence-corrected chi connectivity index (χ0v) is 25.1. The Morgan fingerprint density at radius 1 is 0.838 bits per heavy atom. The number of hydrogen-bond acceptors (Lipinski definition) is 3. The second-order valence-corrected chi connectivity index (χ2v) is 20.0. The Labute approximate surface area is 226 Å². The topological polar surface area (TPSA) is 25.8 Å².